The lowest BCUT2D eigenvalue weighted by Crippen LogP contribution is -2.56. The Bertz CT molecular complexity index is 579. The van der Waals surface area contributed by atoms with Crippen molar-refractivity contribution < 1.29 is 9.59 Å². The molecule has 0 saturated heterocycles. The Hall–Kier alpha value is -1.11. The van der Waals surface area contributed by atoms with E-state index in [2.05, 4.69) is 27.9 Å². The summed E-state index contributed by atoms with van der Waals surface area (Å²) < 4.78 is 0.966. The molecular weight excluding hydrogens is 415 g/mol. The van der Waals surface area contributed by atoms with E-state index in [1.165, 1.54) is 0 Å². The topological polar surface area (TPSA) is 49.4 Å². The van der Waals surface area contributed by atoms with Crippen molar-refractivity contribution in [3.63, 3.8) is 0 Å². The molecule has 0 saturated carbocycles. The third-order valence-electron chi connectivity index (χ3n) is 3.52. The summed E-state index contributed by atoms with van der Waals surface area (Å²) in [6.07, 6.45) is 1.18. The first-order valence-electron chi connectivity index (χ1n) is 8.47. The maximum atomic E-state index is 12.9. The molecule has 4 nitrogen and oxygen atoms in total. The van der Waals surface area contributed by atoms with Gasteiger partial charge < -0.3 is 5.32 Å². The van der Waals surface area contributed by atoms with Crippen LogP contribution < -0.4 is 10.2 Å². The number of halogens is 1. The summed E-state index contributed by atoms with van der Waals surface area (Å²) in [5.41, 5.74) is 0.465. The first-order valence-corrected chi connectivity index (χ1v) is 9.55. The fraction of sp³-hybridized carbons (Fsp3) is 0.579. The Morgan fingerprint density at radius 3 is 2.25 bits per heavy atom. The smallest absolute Gasteiger partial charge is 0.243 e. The molecule has 0 fully saturated rings. The van der Waals surface area contributed by atoms with Crippen LogP contribution in [-0.2, 0) is 9.59 Å². The number of carbonyl (C=O) groups is 2. The predicted octanol–water partition coefficient (Wildman–Crippen LogP) is 4.36. The Balaban J connectivity index is 3.35. The molecule has 5 heteroatoms. The van der Waals surface area contributed by atoms with Crippen molar-refractivity contribution in [3.05, 3.63) is 27.8 Å². The predicted molar refractivity (Wildman–Crippen MR) is 108 cm³/mol. The second kappa shape index (κ2) is 8.83. The molecule has 1 aromatic carbocycles. The molecule has 1 N–H and O–H groups in total. The van der Waals surface area contributed by atoms with Gasteiger partial charge in [-0.15, -0.1) is 0 Å². The highest BCUT2D eigenvalue weighted by molar-refractivity contribution is 14.1. The van der Waals surface area contributed by atoms with Crippen LogP contribution in [0.5, 0.6) is 0 Å². The lowest BCUT2D eigenvalue weighted by atomic mass is 9.98. The quantitative estimate of drug-likeness (QED) is 0.663. The SMILES string of the molecule is CCCC(=O)N(c1ccccc1I)C(C(=O)NC(C)(C)C)C(C)C. The maximum Gasteiger partial charge on any atom is 0.243 e. The van der Waals surface area contributed by atoms with Crippen molar-refractivity contribution in [1.82, 2.24) is 5.32 Å². The average Bonchev–Trinajstić information content (AvgIpc) is 2.43. The summed E-state index contributed by atoms with van der Waals surface area (Å²) in [4.78, 5) is 27.5. The molecule has 1 unspecified atom stereocenters. The number of carbonyl (C=O) groups excluding carboxylic acids is 2. The standard InChI is InChI=1S/C19H29IN2O2/c1-7-10-16(23)22(15-12-9-8-11-14(15)20)17(13(2)3)18(24)21-19(4,5)6/h8-9,11-13,17H,7,10H2,1-6H3,(H,21,24). The van der Waals surface area contributed by atoms with Crippen LogP contribution in [0.3, 0.4) is 0 Å². The number of hydrogen-bond donors (Lipinski definition) is 1. The molecule has 1 atom stereocenters. The zero-order chi connectivity index (χ0) is 18.5. The van der Waals surface area contributed by atoms with Crippen molar-refractivity contribution in [3.8, 4) is 0 Å². The van der Waals surface area contributed by atoms with Crippen LogP contribution in [0.15, 0.2) is 24.3 Å². The molecule has 0 aliphatic carbocycles. The maximum absolute atomic E-state index is 12.9. The number of benzene rings is 1. The highest BCUT2D eigenvalue weighted by Gasteiger charge is 2.35. The van der Waals surface area contributed by atoms with Gasteiger partial charge in [0, 0.05) is 15.5 Å². The molecule has 0 aromatic heterocycles. The van der Waals surface area contributed by atoms with Crippen molar-refractivity contribution in [1.29, 1.82) is 0 Å². The Morgan fingerprint density at radius 1 is 1.21 bits per heavy atom. The lowest BCUT2D eigenvalue weighted by Gasteiger charge is -2.36. The highest BCUT2D eigenvalue weighted by Crippen LogP contribution is 2.28. The Labute approximate surface area is 159 Å². The van der Waals surface area contributed by atoms with Gasteiger partial charge in [0.25, 0.3) is 0 Å². The zero-order valence-corrected chi connectivity index (χ0v) is 17.7. The van der Waals surface area contributed by atoms with Crippen molar-refractivity contribution in [2.75, 3.05) is 4.90 Å². The van der Waals surface area contributed by atoms with E-state index in [1.807, 2.05) is 65.8 Å². The van der Waals surface area contributed by atoms with Crippen molar-refractivity contribution in [2.45, 2.75) is 66.0 Å². The van der Waals surface area contributed by atoms with E-state index < -0.39 is 6.04 Å². The van der Waals surface area contributed by atoms with Gasteiger partial charge in [-0.3, -0.25) is 14.5 Å². The third-order valence-corrected chi connectivity index (χ3v) is 4.43. The average molecular weight is 444 g/mol. The number of amides is 2. The second-order valence-electron chi connectivity index (χ2n) is 7.39. The summed E-state index contributed by atoms with van der Waals surface area (Å²) in [7, 11) is 0. The van der Waals surface area contributed by atoms with Gasteiger partial charge in [0.2, 0.25) is 11.8 Å². The molecular formula is C19H29IN2O2. The molecule has 24 heavy (non-hydrogen) atoms. The van der Waals surface area contributed by atoms with E-state index in [4.69, 9.17) is 0 Å². The molecule has 0 bridgehead atoms. The monoisotopic (exact) mass is 444 g/mol. The molecule has 0 aliphatic heterocycles. The van der Waals surface area contributed by atoms with Crippen LogP contribution in [-0.4, -0.2) is 23.4 Å². The summed E-state index contributed by atoms with van der Waals surface area (Å²) >= 11 is 2.22. The van der Waals surface area contributed by atoms with E-state index >= 15 is 0 Å². The largest absolute Gasteiger partial charge is 0.350 e. The normalized spacial score (nSPS) is 12.8. The minimum Gasteiger partial charge on any atom is -0.350 e. The van der Waals surface area contributed by atoms with Crippen LogP contribution in [0.4, 0.5) is 5.69 Å². The number of nitrogens with one attached hydrogen (secondary N) is 1. The second-order valence-corrected chi connectivity index (χ2v) is 8.56. The van der Waals surface area contributed by atoms with Gasteiger partial charge in [0.05, 0.1) is 5.69 Å². The fourth-order valence-corrected chi connectivity index (χ4v) is 3.23. The van der Waals surface area contributed by atoms with Gasteiger partial charge in [-0.05, 0) is 67.8 Å². The van der Waals surface area contributed by atoms with Gasteiger partial charge in [-0.2, -0.15) is 0 Å². The van der Waals surface area contributed by atoms with E-state index in [9.17, 15) is 9.59 Å². The number of para-hydroxylation sites is 1. The van der Waals surface area contributed by atoms with Crippen LogP contribution in [0.2, 0.25) is 0 Å². The lowest BCUT2D eigenvalue weighted by molar-refractivity contribution is -0.128. The minimum absolute atomic E-state index is 0.00385. The van der Waals surface area contributed by atoms with Crippen molar-refractivity contribution in [2.24, 2.45) is 5.92 Å². The number of rotatable bonds is 6. The first kappa shape index (κ1) is 20.9. The van der Waals surface area contributed by atoms with Crippen molar-refractivity contribution >= 4 is 40.1 Å². The molecule has 0 heterocycles. The van der Waals surface area contributed by atoms with Gasteiger partial charge in [0.15, 0.2) is 0 Å². The van der Waals surface area contributed by atoms with E-state index in [0.29, 0.717) is 6.42 Å². The van der Waals surface area contributed by atoms with Gasteiger partial charge in [-0.1, -0.05) is 32.9 Å². The molecule has 134 valence electrons. The number of hydrogen-bond acceptors (Lipinski definition) is 2. The molecule has 1 aromatic rings. The Morgan fingerprint density at radius 2 is 1.79 bits per heavy atom. The van der Waals surface area contributed by atoms with Crippen LogP contribution in [0.1, 0.15) is 54.4 Å². The van der Waals surface area contributed by atoms with Crippen LogP contribution in [0, 0.1) is 9.49 Å². The van der Waals surface area contributed by atoms with Gasteiger partial charge in [-0.25, -0.2) is 0 Å². The minimum atomic E-state index is -0.529. The van der Waals surface area contributed by atoms with E-state index in [1.54, 1.807) is 4.90 Å². The molecule has 2 amide bonds. The number of nitrogens with zero attached hydrogens (tertiary/aromatic N) is 1. The summed E-state index contributed by atoms with van der Waals surface area (Å²) in [5.74, 6) is -0.116. The number of anilines is 1. The first-order chi connectivity index (χ1) is 11.1. The van der Waals surface area contributed by atoms with Gasteiger partial charge in [0.1, 0.15) is 6.04 Å². The van der Waals surface area contributed by atoms with E-state index in [0.717, 1.165) is 15.7 Å². The fourth-order valence-electron chi connectivity index (χ4n) is 2.58. The molecule has 0 aliphatic rings. The zero-order valence-electron chi connectivity index (χ0n) is 15.5. The van der Waals surface area contributed by atoms with Gasteiger partial charge >= 0.3 is 0 Å². The molecule has 0 spiro atoms. The third kappa shape index (κ3) is 5.76. The van der Waals surface area contributed by atoms with Crippen LogP contribution >= 0.6 is 22.6 Å². The molecule has 0 radical (unpaired) electrons. The van der Waals surface area contributed by atoms with E-state index in [-0.39, 0.29) is 23.3 Å². The summed E-state index contributed by atoms with van der Waals surface area (Å²) in [5, 5.41) is 3.03. The highest BCUT2D eigenvalue weighted by atomic mass is 127. The summed E-state index contributed by atoms with van der Waals surface area (Å²) in [6.45, 7) is 11.8. The summed E-state index contributed by atoms with van der Waals surface area (Å²) in [6, 6.07) is 7.19. The Kier molecular flexibility index (Phi) is 7.70. The van der Waals surface area contributed by atoms with Crippen LogP contribution in [0.25, 0.3) is 0 Å². The molecule has 1 rings (SSSR count).